The maximum atomic E-state index is 12.4. The first-order valence-electron chi connectivity index (χ1n) is 7.88. The first-order valence-corrected chi connectivity index (χ1v) is 10.2. The second-order valence-electron chi connectivity index (χ2n) is 5.88. The number of hydrogen-bond donors (Lipinski definition) is 1. The maximum Gasteiger partial charge on any atom is 0.295 e. The van der Waals surface area contributed by atoms with E-state index in [0.29, 0.717) is 21.6 Å². The van der Waals surface area contributed by atoms with Gasteiger partial charge in [-0.15, -0.1) is 0 Å². The predicted molar refractivity (Wildman–Crippen MR) is 102 cm³/mol. The van der Waals surface area contributed by atoms with Gasteiger partial charge in [-0.05, 0) is 43.3 Å². The van der Waals surface area contributed by atoms with Crippen molar-refractivity contribution in [1.82, 2.24) is 14.6 Å². The van der Waals surface area contributed by atoms with Gasteiger partial charge in [0.05, 0.1) is 4.90 Å². The fourth-order valence-corrected chi connectivity index (χ4v) is 3.91. The number of hydrogen-bond acceptors (Lipinski definition) is 8. The molecule has 0 saturated carbocycles. The maximum absolute atomic E-state index is 12.4. The van der Waals surface area contributed by atoms with E-state index in [9.17, 15) is 18.0 Å². The van der Waals surface area contributed by atoms with Crippen molar-refractivity contribution in [2.24, 2.45) is 5.14 Å². The highest BCUT2D eigenvalue weighted by Crippen LogP contribution is 2.23. The Morgan fingerprint density at radius 3 is 2.54 bits per heavy atom. The Bertz CT molecular complexity index is 1480. The molecule has 4 aromatic rings. The van der Waals surface area contributed by atoms with Gasteiger partial charge < -0.3 is 4.42 Å². The average Bonchev–Trinajstić information content (AvgIpc) is 3.22. The molecule has 0 spiro atoms. The zero-order chi connectivity index (χ0) is 20.1. The Kier molecular flexibility index (Phi) is 4.22. The lowest BCUT2D eigenvalue weighted by Crippen LogP contribution is -2.27. The number of sulfonamides is 1. The van der Waals surface area contributed by atoms with Crippen LogP contribution in [0.15, 0.2) is 55.3 Å². The van der Waals surface area contributed by atoms with E-state index in [1.165, 1.54) is 25.1 Å². The molecule has 0 aliphatic heterocycles. The lowest BCUT2D eigenvalue weighted by molar-refractivity contribution is 0.571. The first kappa shape index (κ1) is 18.2. The standard InChI is InChI=1S/C17H12N4O5S2/c1-9-15(22)19-17-21(20-9)16(23)14(27-17)8-11-4-7-13(26-11)10-2-5-12(6-3-10)28(18,24)25/h2-8H,1H3,(H2,18,24,25)/b14-8-. The van der Waals surface area contributed by atoms with Crippen molar-refractivity contribution in [1.29, 1.82) is 0 Å². The number of nitrogens with zero attached hydrogens (tertiary/aromatic N) is 3. The van der Waals surface area contributed by atoms with E-state index in [-0.39, 0.29) is 15.6 Å². The molecule has 3 heterocycles. The van der Waals surface area contributed by atoms with E-state index in [1.807, 2.05) is 0 Å². The van der Waals surface area contributed by atoms with Gasteiger partial charge in [-0.25, -0.2) is 13.6 Å². The average molecular weight is 416 g/mol. The van der Waals surface area contributed by atoms with Crippen molar-refractivity contribution in [3.05, 3.63) is 73.1 Å². The predicted octanol–water partition coefficient (Wildman–Crippen LogP) is 0.275. The summed E-state index contributed by atoms with van der Waals surface area (Å²) in [6.07, 6.45) is 1.53. The van der Waals surface area contributed by atoms with Crippen molar-refractivity contribution in [3.8, 4) is 11.3 Å². The molecule has 0 bridgehead atoms. The molecular formula is C17H12N4O5S2. The summed E-state index contributed by atoms with van der Waals surface area (Å²) in [5.41, 5.74) is -0.0840. The van der Waals surface area contributed by atoms with Crippen LogP contribution in [0, 0.1) is 6.92 Å². The molecule has 0 saturated heterocycles. The number of furan rings is 1. The Balaban J connectivity index is 1.74. The number of benzene rings is 1. The van der Waals surface area contributed by atoms with E-state index >= 15 is 0 Å². The van der Waals surface area contributed by atoms with E-state index in [0.717, 1.165) is 15.9 Å². The van der Waals surface area contributed by atoms with E-state index in [4.69, 9.17) is 9.56 Å². The van der Waals surface area contributed by atoms with Crippen LogP contribution < -0.4 is 20.8 Å². The monoisotopic (exact) mass is 416 g/mol. The highest BCUT2D eigenvalue weighted by Gasteiger charge is 2.11. The number of nitrogens with two attached hydrogens (primary N) is 1. The molecule has 0 amide bonds. The minimum atomic E-state index is -3.77. The van der Waals surface area contributed by atoms with Crippen LogP contribution >= 0.6 is 11.3 Å². The van der Waals surface area contributed by atoms with Crippen molar-refractivity contribution in [2.75, 3.05) is 0 Å². The SMILES string of the molecule is Cc1nn2c(=O)/c(=C/c3ccc(-c4ccc(S(N)(=O)=O)cc4)o3)sc2nc1=O. The summed E-state index contributed by atoms with van der Waals surface area (Å²) in [6.45, 7) is 1.49. The summed E-state index contributed by atoms with van der Waals surface area (Å²) in [6, 6.07) is 9.28. The van der Waals surface area contributed by atoms with Crippen LogP contribution in [0.1, 0.15) is 11.5 Å². The number of thiazole rings is 1. The van der Waals surface area contributed by atoms with Crippen molar-refractivity contribution in [2.45, 2.75) is 11.8 Å². The summed E-state index contributed by atoms with van der Waals surface area (Å²) in [5.74, 6) is 0.899. The summed E-state index contributed by atoms with van der Waals surface area (Å²) < 4.78 is 29.8. The van der Waals surface area contributed by atoms with Crippen LogP contribution in [0.4, 0.5) is 0 Å². The highest BCUT2D eigenvalue weighted by molar-refractivity contribution is 7.89. The Morgan fingerprint density at radius 2 is 1.86 bits per heavy atom. The molecule has 11 heteroatoms. The summed E-state index contributed by atoms with van der Waals surface area (Å²) in [4.78, 5) is 28.1. The Hall–Kier alpha value is -3.15. The third-order valence-electron chi connectivity index (χ3n) is 3.91. The number of aryl methyl sites for hydroxylation is 1. The molecule has 0 aliphatic rings. The second-order valence-corrected chi connectivity index (χ2v) is 8.45. The topological polar surface area (TPSA) is 138 Å². The second kappa shape index (κ2) is 6.48. The molecule has 2 N–H and O–H groups in total. The highest BCUT2D eigenvalue weighted by atomic mass is 32.2. The molecule has 0 unspecified atom stereocenters. The molecule has 0 atom stereocenters. The Labute approximate surface area is 161 Å². The summed E-state index contributed by atoms with van der Waals surface area (Å²) in [7, 11) is -3.77. The van der Waals surface area contributed by atoms with Crippen LogP contribution in [-0.4, -0.2) is 23.0 Å². The summed E-state index contributed by atoms with van der Waals surface area (Å²) >= 11 is 1.03. The smallest absolute Gasteiger partial charge is 0.295 e. The van der Waals surface area contributed by atoms with Crippen molar-refractivity contribution in [3.63, 3.8) is 0 Å². The van der Waals surface area contributed by atoms with Crippen LogP contribution in [0.3, 0.4) is 0 Å². The number of rotatable bonds is 3. The molecule has 0 fully saturated rings. The molecule has 1 aromatic carbocycles. The molecule has 4 rings (SSSR count). The van der Waals surface area contributed by atoms with E-state index < -0.39 is 21.1 Å². The largest absolute Gasteiger partial charge is 0.457 e. The van der Waals surface area contributed by atoms with Gasteiger partial charge in [-0.3, -0.25) is 9.59 Å². The van der Waals surface area contributed by atoms with Gasteiger partial charge >= 0.3 is 0 Å². The fraction of sp³-hybridized carbons (Fsp3) is 0.0588. The zero-order valence-electron chi connectivity index (χ0n) is 14.3. The number of aromatic nitrogens is 3. The molecule has 142 valence electrons. The van der Waals surface area contributed by atoms with Gasteiger partial charge in [0.2, 0.25) is 15.0 Å². The molecule has 3 aromatic heterocycles. The minimum Gasteiger partial charge on any atom is -0.457 e. The van der Waals surface area contributed by atoms with Gasteiger partial charge in [-0.2, -0.15) is 14.6 Å². The van der Waals surface area contributed by atoms with Gasteiger partial charge in [0.1, 0.15) is 21.7 Å². The van der Waals surface area contributed by atoms with Crippen LogP contribution in [0.2, 0.25) is 0 Å². The van der Waals surface area contributed by atoms with E-state index in [1.54, 1.807) is 24.3 Å². The van der Waals surface area contributed by atoms with Crippen LogP contribution in [0.5, 0.6) is 0 Å². The lowest BCUT2D eigenvalue weighted by atomic mass is 10.2. The van der Waals surface area contributed by atoms with Gasteiger partial charge in [0, 0.05) is 11.6 Å². The van der Waals surface area contributed by atoms with Crippen molar-refractivity contribution < 1.29 is 12.8 Å². The molecular weight excluding hydrogens is 404 g/mol. The Morgan fingerprint density at radius 1 is 1.14 bits per heavy atom. The normalized spacial score (nSPS) is 12.7. The van der Waals surface area contributed by atoms with Crippen LogP contribution in [0.25, 0.3) is 22.4 Å². The lowest BCUT2D eigenvalue weighted by Gasteiger charge is -2.00. The third-order valence-corrected chi connectivity index (χ3v) is 5.80. The molecule has 0 radical (unpaired) electrons. The first-order chi connectivity index (χ1) is 13.2. The van der Waals surface area contributed by atoms with Crippen LogP contribution in [-0.2, 0) is 10.0 Å². The van der Waals surface area contributed by atoms with Gasteiger partial charge in [0.25, 0.3) is 11.1 Å². The fourth-order valence-electron chi connectivity index (χ4n) is 2.51. The number of primary sulfonamides is 1. The number of fused-ring (bicyclic) bond motifs is 1. The van der Waals surface area contributed by atoms with Crippen molar-refractivity contribution >= 4 is 32.4 Å². The summed E-state index contributed by atoms with van der Waals surface area (Å²) in [5, 5.41) is 9.03. The third kappa shape index (κ3) is 3.26. The molecule has 9 nitrogen and oxygen atoms in total. The zero-order valence-corrected chi connectivity index (χ0v) is 16.0. The minimum absolute atomic E-state index is 0.000857. The molecule has 0 aliphatic carbocycles. The molecule has 28 heavy (non-hydrogen) atoms. The quantitative estimate of drug-likeness (QED) is 0.506. The van der Waals surface area contributed by atoms with E-state index in [2.05, 4.69) is 10.1 Å². The van der Waals surface area contributed by atoms with Gasteiger partial charge in [0.15, 0.2) is 0 Å². The van der Waals surface area contributed by atoms with Gasteiger partial charge in [-0.1, -0.05) is 11.3 Å².